The number of methoxy groups -OCH3 is 1. The van der Waals surface area contributed by atoms with Crippen molar-refractivity contribution in [2.45, 2.75) is 33.6 Å². The minimum atomic E-state index is -3.56. The molecular weight excluding hydrogens is 418 g/mol. The molecule has 1 N–H and O–H groups in total. The minimum Gasteiger partial charge on any atom is -0.384 e. The lowest BCUT2D eigenvalue weighted by Gasteiger charge is -2.07. The first-order chi connectivity index (χ1) is 14.9. The molecule has 4 heterocycles. The second-order valence-corrected chi connectivity index (χ2v) is 9.40. The molecule has 0 aliphatic heterocycles. The van der Waals surface area contributed by atoms with Crippen LogP contribution >= 0.6 is 0 Å². The van der Waals surface area contributed by atoms with Gasteiger partial charge in [0.15, 0.2) is 0 Å². The van der Waals surface area contributed by atoms with Crippen LogP contribution in [-0.2, 0) is 21.2 Å². The van der Waals surface area contributed by atoms with Gasteiger partial charge in [-0.05, 0) is 26.3 Å². The van der Waals surface area contributed by atoms with E-state index in [1.165, 1.54) is 3.97 Å². The third-order valence-electron chi connectivity index (χ3n) is 5.24. The second-order valence-electron chi connectivity index (χ2n) is 7.43. The normalized spacial score (nSPS) is 12.1. The first kappa shape index (κ1) is 21.3. The van der Waals surface area contributed by atoms with Crippen molar-refractivity contribution in [3.05, 3.63) is 41.8 Å². The highest BCUT2D eigenvalue weighted by atomic mass is 32.2. The fourth-order valence-electron chi connectivity index (χ4n) is 3.83. The highest BCUT2D eigenvalue weighted by molar-refractivity contribution is 7.90. The van der Waals surface area contributed by atoms with E-state index in [4.69, 9.17) is 9.26 Å². The summed E-state index contributed by atoms with van der Waals surface area (Å²) in [5.74, 6) is 0.693. The lowest BCUT2D eigenvalue weighted by molar-refractivity contribution is 0.201. The Hall–Kier alpha value is -2.98. The van der Waals surface area contributed by atoms with Gasteiger partial charge in [-0.15, -0.1) is 0 Å². The molecule has 0 saturated carbocycles. The molecule has 0 fully saturated rings. The summed E-state index contributed by atoms with van der Waals surface area (Å²) in [6.07, 6.45) is 6.24. The smallest absolute Gasteiger partial charge is 0.239 e. The first-order valence-corrected chi connectivity index (χ1v) is 11.7. The van der Waals surface area contributed by atoms with E-state index >= 15 is 0 Å². The van der Waals surface area contributed by atoms with Crippen LogP contribution in [0, 0.1) is 13.8 Å². The van der Waals surface area contributed by atoms with E-state index in [0.717, 1.165) is 28.1 Å². The summed E-state index contributed by atoms with van der Waals surface area (Å²) in [4.78, 5) is 4.66. The Bertz CT molecular complexity index is 1310. The fourth-order valence-corrected chi connectivity index (χ4v) is 5.25. The minimum absolute atomic E-state index is 0.0354. The van der Waals surface area contributed by atoms with Crippen molar-refractivity contribution in [2.24, 2.45) is 0 Å². The lowest BCUT2D eigenvalue weighted by Crippen LogP contribution is -2.15. The van der Waals surface area contributed by atoms with Crippen LogP contribution in [0.15, 0.2) is 29.2 Å². The number of ether oxygens (including phenoxy) is 1. The van der Waals surface area contributed by atoms with Gasteiger partial charge in [-0.25, -0.2) is 12.4 Å². The molecule has 164 valence electrons. The van der Waals surface area contributed by atoms with Crippen LogP contribution in [0.1, 0.15) is 30.5 Å². The summed E-state index contributed by atoms with van der Waals surface area (Å²) < 4.78 is 38.0. The van der Waals surface area contributed by atoms with E-state index in [2.05, 4.69) is 20.3 Å². The van der Waals surface area contributed by atoms with Gasteiger partial charge in [0, 0.05) is 54.4 Å². The number of hydrogen-bond acceptors (Lipinski definition) is 7. The maximum Gasteiger partial charge on any atom is 0.239 e. The summed E-state index contributed by atoms with van der Waals surface area (Å²) in [5, 5.41) is 11.2. The molecule has 31 heavy (non-hydrogen) atoms. The topological polar surface area (TPSA) is 116 Å². The maximum absolute atomic E-state index is 13.1. The number of rotatable bonds is 8. The van der Waals surface area contributed by atoms with Crippen molar-refractivity contribution in [2.75, 3.05) is 19.5 Å². The average Bonchev–Trinajstić information content (AvgIpc) is 3.43. The van der Waals surface area contributed by atoms with Crippen LogP contribution in [-0.4, -0.2) is 52.2 Å². The summed E-state index contributed by atoms with van der Waals surface area (Å²) in [5.41, 5.74) is 5.73. The van der Waals surface area contributed by atoms with Crippen LogP contribution < -0.4 is 0 Å². The standard InChI is InChI=1S/C21H25N5O4S/c1-5-8-31(27,28)26-12-17(16-11-23-24-18(16)6-7-29-4)21-19(26)9-15(10-22-21)20-13(2)25-30-14(20)3/h9-12H,5-8H2,1-4H3,(H,23,24). The van der Waals surface area contributed by atoms with Gasteiger partial charge in [0.05, 0.1) is 34.8 Å². The summed E-state index contributed by atoms with van der Waals surface area (Å²) in [6, 6.07) is 1.83. The van der Waals surface area contributed by atoms with E-state index in [0.29, 0.717) is 41.8 Å². The number of aromatic amines is 1. The van der Waals surface area contributed by atoms with Crippen LogP contribution in [0.5, 0.6) is 0 Å². The molecular formula is C21H25N5O4S. The van der Waals surface area contributed by atoms with Crippen molar-refractivity contribution >= 4 is 21.1 Å². The van der Waals surface area contributed by atoms with Gasteiger partial charge in [0.1, 0.15) is 5.76 Å². The van der Waals surface area contributed by atoms with Crippen molar-refractivity contribution in [3.8, 4) is 22.3 Å². The van der Waals surface area contributed by atoms with Crippen LogP contribution in [0.3, 0.4) is 0 Å². The summed E-state index contributed by atoms with van der Waals surface area (Å²) in [7, 11) is -1.93. The van der Waals surface area contributed by atoms with Gasteiger partial charge in [-0.3, -0.25) is 10.1 Å². The molecule has 0 aromatic carbocycles. The third kappa shape index (κ3) is 3.77. The molecule has 0 amide bonds. The van der Waals surface area contributed by atoms with Crippen molar-refractivity contribution < 1.29 is 17.7 Å². The Kier molecular flexibility index (Phi) is 5.67. The highest BCUT2D eigenvalue weighted by Gasteiger charge is 2.23. The number of fused-ring (bicyclic) bond motifs is 1. The van der Waals surface area contributed by atoms with Crippen molar-refractivity contribution in [3.63, 3.8) is 0 Å². The monoisotopic (exact) mass is 443 g/mol. The zero-order chi connectivity index (χ0) is 22.2. The zero-order valence-corrected chi connectivity index (χ0v) is 18.8. The Balaban J connectivity index is 1.96. The van der Waals surface area contributed by atoms with Crippen molar-refractivity contribution in [1.82, 2.24) is 24.3 Å². The van der Waals surface area contributed by atoms with E-state index in [1.54, 1.807) is 25.7 Å². The van der Waals surface area contributed by atoms with E-state index in [9.17, 15) is 8.42 Å². The Morgan fingerprint density at radius 2 is 2.06 bits per heavy atom. The molecule has 0 spiro atoms. The zero-order valence-electron chi connectivity index (χ0n) is 18.0. The Labute approximate surface area is 180 Å². The molecule has 10 heteroatoms. The van der Waals surface area contributed by atoms with Crippen molar-refractivity contribution in [1.29, 1.82) is 0 Å². The number of nitrogens with one attached hydrogen (secondary N) is 1. The Morgan fingerprint density at radius 1 is 1.26 bits per heavy atom. The number of H-pyrrole nitrogens is 1. The molecule has 0 radical (unpaired) electrons. The lowest BCUT2D eigenvalue weighted by atomic mass is 10.0. The SMILES string of the molecule is CCCS(=O)(=O)n1cc(-c2c[nH]nc2CCOC)c2ncc(-c3c(C)noc3C)cc21. The quantitative estimate of drug-likeness (QED) is 0.443. The van der Waals surface area contributed by atoms with Crippen LogP contribution in [0.4, 0.5) is 0 Å². The van der Waals surface area contributed by atoms with Gasteiger partial charge in [0.2, 0.25) is 10.0 Å². The van der Waals surface area contributed by atoms with Gasteiger partial charge >= 0.3 is 0 Å². The number of hydrogen-bond donors (Lipinski definition) is 1. The fraction of sp³-hybridized carbons (Fsp3) is 0.381. The van der Waals surface area contributed by atoms with E-state index in [-0.39, 0.29) is 5.75 Å². The highest BCUT2D eigenvalue weighted by Crippen LogP contribution is 2.35. The second kappa shape index (κ2) is 8.27. The molecule has 4 aromatic rings. The molecule has 0 bridgehead atoms. The molecule has 0 saturated heterocycles. The molecule has 0 aliphatic rings. The third-order valence-corrected chi connectivity index (χ3v) is 7.07. The molecule has 0 atom stereocenters. The largest absolute Gasteiger partial charge is 0.384 e. The summed E-state index contributed by atoms with van der Waals surface area (Å²) in [6.45, 7) is 6.03. The first-order valence-electron chi connectivity index (χ1n) is 10.1. The van der Waals surface area contributed by atoms with Gasteiger partial charge in [-0.2, -0.15) is 5.10 Å². The molecule has 4 aromatic heterocycles. The molecule has 4 rings (SSSR count). The van der Waals surface area contributed by atoms with E-state index in [1.807, 2.05) is 26.8 Å². The predicted octanol–water partition coefficient (Wildman–Crippen LogP) is 3.48. The molecule has 0 aliphatic carbocycles. The van der Waals surface area contributed by atoms with Crippen LogP contribution in [0.25, 0.3) is 33.3 Å². The number of pyridine rings is 1. The van der Waals surface area contributed by atoms with Gasteiger partial charge < -0.3 is 9.26 Å². The van der Waals surface area contributed by atoms with E-state index < -0.39 is 10.0 Å². The van der Waals surface area contributed by atoms with Gasteiger partial charge in [0.25, 0.3) is 0 Å². The van der Waals surface area contributed by atoms with Crippen LogP contribution in [0.2, 0.25) is 0 Å². The predicted molar refractivity (Wildman–Crippen MR) is 117 cm³/mol. The average molecular weight is 444 g/mol. The summed E-state index contributed by atoms with van der Waals surface area (Å²) >= 11 is 0. The molecule has 9 nitrogen and oxygen atoms in total. The number of aryl methyl sites for hydroxylation is 2. The molecule has 0 unspecified atom stereocenters. The Morgan fingerprint density at radius 3 is 2.74 bits per heavy atom. The maximum atomic E-state index is 13.1. The number of aromatic nitrogens is 5. The van der Waals surface area contributed by atoms with Gasteiger partial charge in [-0.1, -0.05) is 12.1 Å². The number of nitrogens with zero attached hydrogens (tertiary/aromatic N) is 4.